The third-order valence-electron chi connectivity index (χ3n) is 4.39. The first-order valence-electron chi connectivity index (χ1n) is 7.74. The van der Waals surface area contributed by atoms with E-state index in [9.17, 15) is 4.79 Å². The summed E-state index contributed by atoms with van der Waals surface area (Å²) in [6.07, 6.45) is 3.71. The molecule has 1 aliphatic heterocycles. The molecule has 22 heavy (non-hydrogen) atoms. The average Bonchev–Trinajstić information content (AvgIpc) is 2.96. The fraction of sp³-hybridized carbons (Fsp3) is 0.389. The molecule has 3 rings (SSSR count). The minimum atomic E-state index is 0.0447. The standard InChI is InChI=1S/C18H21N3O/c1-12-7-4-5-8-15(12)17-9-6-10-21(17)18(22)16-11-19-14(3)20-13(16)2/h4-5,7-8,11,17H,6,9-10H2,1-3H3/t17-/m0/s1. The van der Waals surface area contributed by atoms with Crippen LogP contribution in [0.3, 0.4) is 0 Å². The van der Waals surface area contributed by atoms with E-state index < -0.39 is 0 Å². The monoisotopic (exact) mass is 295 g/mol. The number of rotatable bonds is 2. The number of hydrogen-bond acceptors (Lipinski definition) is 3. The zero-order valence-corrected chi connectivity index (χ0v) is 13.3. The molecule has 1 atom stereocenters. The Labute approximate surface area is 131 Å². The summed E-state index contributed by atoms with van der Waals surface area (Å²) in [5.74, 6) is 0.745. The summed E-state index contributed by atoms with van der Waals surface area (Å²) in [6, 6.07) is 8.48. The van der Waals surface area contributed by atoms with E-state index in [1.54, 1.807) is 6.20 Å². The van der Waals surface area contributed by atoms with Crippen molar-refractivity contribution in [3.63, 3.8) is 0 Å². The van der Waals surface area contributed by atoms with Crippen LogP contribution in [0.15, 0.2) is 30.5 Å². The van der Waals surface area contributed by atoms with Crippen LogP contribution in [0.25, 0.3) is 0 Å². The number of amides is 1. The van der Waals surface area contributed by atoms with E-state index in [-0.39, 0.29) is 11.9 Å². The first kappa shape index (κ1) is 14.7. The van der Waals surface area contributed by atoms with E-state index in [0.717, 1.165) is 25.1 Å². The second kappa shape index (κ2) is 5.87. The van der Waals surface area contributed by atoms with E-state index in [2.05, 4.69) is 29.0 Å². The lowest BCUT2D eigenvalue weighted by Gasteiger charge is -2.26. The Balaban J connectivity index is 1.93. The fourth-order valence-electron chi connectivity index (χ4n) is 3.24. The molecule has 2 heterocycles. The highest BCUT2D eigenvalue weighted by molar-refractivity contribution is 5.95. The van der Waals surface area contributed by atoms with Crippen molar-refractivity contribution in [1.29, 1.82) is 0 Å². The summed E-state index contributed by atoms with van der Waals surface area (Å²) in [6.45, 7) is 6.62. The van der Waals surface area contributed by atoms with Gasteiger partial charge in [0.1, 0.15) is 5.82 Å². The maximum absolute atomic E-state index is 12.9. The smallest absolute Gasteiger partial charge is 0.257 e. The van der Waals surface area contributed by atoms with Crippen LogP contribution in [0, 0.1) is 20.8 Å². The second-order valence-electron chi connectivity index (χ2n) is 5.93. The van der Waals surface area contributed by atoms with Gasteiger partial charge in [-0.05, 0) is 44.7 Å². The predicted molar refractivity (Wildman–Crippen MR) is 85.7 cm³/mol. The molecule has 1 aromatic carbocycles. The summed E-state index contributed by atoms with van der Waals surface area (Å²) in [5, 5.41) is 0. The van der Waals surface area contributed by atoms with Gasteiger partial charge < -0.3 is 4.90 Å². The Morgan fingerprint density at radius 3 is 2.73 bits per heavy atom. The van der Waals surface area contributed by atoms with Crippen LogP contribution >= 0.6 is 0 Å². The minimum absolute atomic E-state index is 0.0447. The molecular weight excluding hydrogens is 274 g/mol. The normalized spacial score (nSPS) is 17.8. The van der Waals surface area contributed by atoms with Crippen LogP contribution < -0.4 is 0 Å². The van der Waals surface area contributed by atoms with Gasteiger partial charge >= 0.3 is 0 Å². The van der Waals surface area contributed by atoms with Gasteiger partial charge in [-0.3, -0.25) is 4.79 Å². The molecule has 4 nitrogen and oxygen atoms in total. The first-order valence-corrected chi connectivity index (χ1v) is 7.74. The molecular formula is C18H21N3O. The predicted octanol–water partition coefficient (Wildman–Crippen LogP) is 3.38. The van der Waals surface area contributed by atoms with E-state index >= 15 is 0 Å². The zero-order valence-electron chi connectivity index (χ0n) is 13.3. The van der Waals surface area contributed by atoms with E-state index in [4.69, 9.17) is 0 Å². The van der Waals surface area contributed by atoms with Gasteiger partial charge in [-0.2, -0.15) is 0 Å². The summed E-state index contributed by atoms with van der Waals surface area (Å²) < 4.78 is 0. The molecule has 114 valence electrons. The second-order valence-corrected chi connectivity index (χ2v) is 5.93. The van der Waals surface area contributed by atoms with Gasteiger partial charge in [0.15, 0.2) is 0 Å². The Hall–Kier alpha value is -2.23. The molecule has 0 radical (unpaired) electrons. The Morgan fingerprint density at radius 1 is 1.23 bits per heavy atom. The first-order chi connectivity index (χ1) is 10.6. The molecule has 0 unspecified atom stereocenters. The average molecular weight is 295 g/mol. The molecule has 1 aromatic heterocycles. The van der Waals surface area contributed by atoms with Gasteiger partial charge in [0.2, 0.25) is 0 Å². The molecule has 4 heteroatoms. The molecule has 1 aliphatic rings. The summed E-state index contributed by atoms with van der Waals surface area (Å²) in [7, 11) is 0. The highest BCUT2D eigenvalue weighted by atomic mass is 16.2. The Bertz CT molecular complexity index is 711. The largest absolute Gasteiger partial charge is 0.331 e. The quantitative estimate of drug-likeness (QED) is 0.853. The topological polar surface area (TPSA) is 46.1 Å². The van der Waals surface area contributed by atoms with Crippen LogP contribution in [-0.4, -0.2) is 27.3 Å². The molecule has 0 bridgehead atoms. The van der Waals surface area contributed by atoms with Crippen LogP contribution in [0.1, 0.15) is 51.9 Å². The highest BCUT2D eigenvalue weighted by Gasteiger charge is 2.32. The number of benzene rings is 1. The van der Waals surface area contributed by atoms with Crippen molar-refractivity contribution in [2.24, 2.45) is 0 Å². The van der Waals surface area contributed by atoms with E-state index in [1.807, 2.05) is 30.9 Å². The van der Waals surface area contributed by atoms with Crippen LogP contribution in [0.5, 0.6) is 0 Å². The maximum atomic E-state index is 12.9. The third-order valence-corrected chi connectivity index (χ3v) is 4.39. The number of hydrogen-bond donors (Lipinski definition) is 0. The molecule has 1 fully saturated rings. The van der Waals surface area contributed by atoms with Crippen LogP contribution in [0.2, 0.25) is 0 Å². The lowest BCUT2D eigenvalue weighted by Crippen LogP contribution is -2.31. The lowest BCUT2D eigenvalue weighted by molar-refractivity contribution is 0.0733. The Kier molecular flexibility index (Phi) is 3.92. The van der Waals surface area contributed by atoms with Crippen molar-refractivity contribution in [3.8, 4) is 0 Å². The molecule has 0 N–H and O–H groups in total. The number of aryl methyl sites for hydroxylation is 3. The zero-order chi connectivity index (χ0) is 15.7. The van der Waals surface area contributed by atoms with Gasteiger partial charge in [-0.15, -0.1) is 0 Å². The molecule has 1 saturated heterocycles. The van der Waals surface area contributed by atoms with Gasteiger partial charge in [-0.25, -0.2) is 9.97 Å². The molecule has 1 amide bonds. The van der Waals surface area contributed by atoms with Crippen LogP contribution in [-0.2, 0) is 0 Å². The van der Waals surface area contributed by atoms with Crippen molar-refractivity contribution in [3.05, 3.63) is 58.7 Å². The number of carbonyl (C=O) groups excluding carboxylic acids is 1. The number of likely N-dealkylation sites (tertiary alicyclic amines) is 1. The van der Waals surface area contributed by atoms with Crippen molar-refractivity contribution in [2.75, 3.05) is 6.54 Å². The van der Waals surface area contributed by atoms with Crippen molar-refractivity contribution < 1.29 is 4.79 Å². The fourth-order valence-corrected chi connectivity index (χ4v) is 3.24. The summed E-state index contributed by atoms with van der Waals surface area (Å²) in [4.78, 5) is 23.4. The SMILES string of the molecule is Cc1ncc(C(=O)N2CCC[C@H]2c2ccccc2C)c(C)n1. The van der Waals surface area contributed by atoms with Gasteiger partial charge in [0.25, 0.3) is 5.91 Å². The van der Waals surface area contributed by atoms with Crippen molar-refractivity contribution in [1.82, 2.24) is 14.9 Å². The van der Waals surface area contributed by atoms with Gasteiger partial charge in [0, 0.05) is 12.7 Å². The summed E-state index contributed by atoms with van der Waals surface area (Å²) in [5.41, 5.74) is 3.86. The molecule has 0 aliphatic carbocycles. The molecule has 0 saturated carbocycles. The van der Waals surface area contributed by atoms with E-state index in [0.29, 0.717) is 11.4 Å². The van der Waals surface area contributed by atoms with Gasteiger partial charge in [-0.1, -0.05) is 24.3 Å². The third kappa shape index (κ3) is 2.61. The van der Waals surface area contributed by atoms with Crippen molar-refractivity contribution >= 4 is 5.91 Å². The Morgan fingerprint density at radius 2 is 2.00 bits per heavy atom. The highest BCUT2D eigenvalue weighted by Crippen LogP contribution is 2.34. The molecule has 0 spiro atoms. The number of aromatic nitrogens is 2. The van der Waals surface area contributed by atoms with Crippen LogP contribution in [0.4, 0.5) is 0 Å². The number of nitrogens with zero attached hydrogens (tertiary/aromatic N) is 3. The maximum Gasteiger partial charge on any atom is 0.257 e. The molecule has 2 aromatic rings. The van der Waals surface area contributed by atoms with Crippen molar-refractivity contribution in [2.45, 2.75) is 39.7 Å². The lowest BCUT2D eigenvalue weighted by atomic mass is 9.99. The summed E-state index contributed by atoms with van der Waals surface area (Å²) >= 11 is 0. The number of carbonyl (C=O) groups is 1. The van der Waals surface area contributed by atoms with Gasteiger partial charge in [0.05, 0.1) is 17.3 Å². The van der Waals surface area contributed by atoms with E-state index in [1.165, 1.54) is 11.1 Å². The minimum Gasteiger partial charge on any atom is -0.331 e.